The quantitative estimate of drug-likeness (QED) is 0.293. The van der Waals surface area contributed by atoms with Crippen molar-refractivity contribution in [3.63, 3.8) is 0 Å². The number of nitrogens with zero attached hydrogens (tertiary/aromatic N) is 1. The monoisotopic (exact) mass is 255 g/mol. The fourth-order valence-electron chi connectivity index (χ4n) is 2.52. The minimum Gasteiger partial charge on any atom is -0.409 e. The van der Waals surface area contributed by atoms with Gasteiger partial charge in [-0.3, -0.25) is 4.79 Å². The van der Waals surface area contributed by atoms with Gasteiger partial charge < -0.3 is 16.3 Å². The van der Waals surface area contributed by atoms with Gasteiger partial charge in [0.15, 0.2) is 5.84 Å². The lowest BCUT2D eigenvalue weighted by Gasteiger charge is -2.21. The van der Waals surface area contributed by atoms with Crippen LogP contribution in [0.1, 0.15) is 52.4 Å². The summed E-state index contributed by atoms with van der Waals surface area (Å²) in [5.41, 5.74) is 5.57. The Bertz CT molecular complexity index is 297. The number of nitrogens with one attached hydrogen (secondary N) is 1. The van der Waals surface area contributed by atoms with Crippen molar-refractivity contribution in [2.75, 3.05) is 0 Å². The van der Waals surface area contributed by atoms with E-state index in [1.807, 2.05) is 13.8 Å². The molecule has 1 aliphatic rings. The summed E-state index contributed by atoms with van der Waals surface area (Å²) in [6.45, 7) is 3.86. The Labute approximate surface area is 109 Å². The Morgan fingerprint density at radius 3 is 2.56 bits per heavy atom. The lowest BCUT2D eigenvalue weighted by Crippen LogP contribution is -2.47. The van der Waals surface area contributed by atoms with Gasteiger partial charge in [-0.2, -0.15) is 0 Å². The molecule has 0 aromatic heterocycles. The van der Waals surface area contributed by atoms with Gasteiger partial charge in [0.25, 0.3) is 0 Å². The average molecular weight is 255 g/mol. The van der Waals surface area contributed by atoms with Crippen LogP contribution in [0.15, 0.2) is 5.16 Å². The lowest BCUT2D eigenvalue weighted by atomic mass is 10.00. The van der Waals surface area contributed by atoms with Gasteiger partial charge >= 0.3 is 0 Å². The van der Waals surface area contributed by atoms with Crippen molar-refractivity contribution in [2.45, 2.75) is 58.4 Å². The number of amidine groups is 1. The molecule has 0 heterocycles. The molecule has 0 aromatic rings. The summed E-state index contributed by atoms with van der Waals surface area (Å²) in [6, 6.07) is -0.383. The molecule has 0 bridgehead atoms. The van der Waals surface area contributed by atoms with Crippen molar-refractivity contribution < 1.29 is 10.0 Å². The largest absolute Gasteiger partial charge is 0.409 e. The van der Waals surface area contributed by atoms with Crippen molar-refractivity contribution in [1.29, 1.82) is 0 Å². The second kappa shape index (κ2) is 7.24. The van der Waals surface area contributed by atoms with E-state index in [1.165, 1.54) is 25.7 Å². The van der Waals surface area contributed by atoms with E-state index in [0.717, 1.165) is 6.42 Å². The molecule has 1 amide bonds. The molecule has 18 heavy (non-hydrogen) atoms. The van der Waals surface area contributed by atoms with Gasteiger partial charge in [0.1, 0.15) is 0 Å². The number of rotatable bonds is 6. The molecule has 1 aliphatic carbocycles. The normalized spacial score (nSPS) is 19.2. The summed E-state index contributed by atoms with van der Waals surface area (Å²) in [5, 5.41) is 14.5. The molecule has 0 aromatic carbocycles. The maximum Gasteiger partial charge on any atom is 0.220 e. The highest BCUT2D eigenvalue weighted by Crippen LogP contribution is 2.28. The van der Waals surface area contributed by atoms with Crippen LogP contribution in [0, 0.1) is 11.8 Å². The van der Waals surface area contributed by atoms with E-state index in [1.54, 1.807) is 0 Å². The van der Waals surface area contributed by atoms with E-state index in [2.05, 4.69) is 10.5 Å². The summed E-state index contributed by atoms with van der Waals surface area (Å²) in [5.74, 6) is 0.875. The third-order valence-electron chi connectivity index (χ3n) is 3.67. The number of nitrogens with two attached hydrogens (primary N) is 1. The molecule has 4 N–H and O–H groups in total. The molecule has 5 heteroatoms. The van der Waals surface area contributed by atoms with Crippen LogP contribution in [0.4, 0.5) is 0 Å². The molecule has 1 rings (SSSR count). The summed E-state index contributed by atoms with van der Waals surface area (Å²) >= 11 is 0. The second-order valence-corrected chi connectivity index (χ2v) is 5.50. The van der Waals surface area contributed by atoms with Crippen LogP contribution < -0.4 is 11.1 Å². The zero-order valence-electron chi connectivity index (χ0n) is 11.4. The molecule has 1 unspecified atom stereocenters. The van der Waals surface area contributed by atoms with Crippen molar-refractivity contribution >= 4 is 11.7 Å². The van der Waals surface area contributed by atoms with E-state index in [9.17, 15) is 4.79 Å². The van der Waals surface area contributed by atoms with Crippen molar-refractivity contribution in [1.82, 2.24) is 5.32 Å². The smallest absolute Gasteiger partial charge is 0.220 e. The maximum absolute atomic E-state index is 11.8. The summed E-state index contributed by atoms with van der Waals surface area (Å²) in [6.07, 6.45) is 6.58. The lowest BCUT2D eigenvalue weighted by molar-refractivity contribution is -0.121. The van der Waals surface area contributed by atoms with Crippen LogP contribution >= 0.6 is 0 Å². The first-order chi connectivity index (χ1) is 8.54. The summed E-state index contributed by atoms with van der Waals surface area (Å²) in [4.78, 5) is 11.8. The SMILES string of the molecule is CC(C)C(NC(=O)CCC1CCCC1)C(N)=NO. The zero-order valence-corrected chi connectivity index (χ0v) is 11.4. The van der Waals surface area contributed by atoms with Crippen molar-refractivity contribution in [3.8, 4) is 0 Å². The predicted octanol–water partition coefficient (Wildman–Crippen LogP) is 1.84. The van der Waals surface area contributed by atoms with E-state index < -0.39 is 0 Å². The highest BCUT2D eigenvalue weighted by Gasteiger charge is 2.22. The molecule has 0 spiro atoms. The molecule has 1 atom stereocenters. The molecule has 0 aliphatic heterocycles. The molecular weight excluding hydrogens is 230 g/mol. The van der Waals surface area contributed by atoms with Crippen molar-refractivity contribution in [2.24, 2.45) is 22.7 Å². The van der Waals surface area contributed by atoms with Gasteiger partial charge in [-0.25, -0.2) is 0 Å². The van der Waals surface area contributed by atoms with Gasteiger partial charge in [0.05, 0.1) is 6.04 Å². The van der Waals surface area contributed by atoms with Gasteiger partial charge in [-0.1, -0.05) is 44.7 Å². The number of hydrogen-bond donors (Lipinski definition) is 3. The average Bonchev–Trinajstić information content (AvgIpc) is 2.85. The Kier molecular flexibility index (Phi) is 5.95. The number of carbonyl (C=O) groups is 1. The fraction of sp³-hybridized carbons (Fsp3) is 0.846. The summed E-state index contributed by atoms with van der Waals surface area (Å²) in [7, 11) is 0. The van der Waals surface area contributed by atoms with E-state index in [4.69, 9.17) is 10.9 Å². The topological polar surface area (TPSA) is 87.7 Å². The molecule has 1 saturated carbocycles. The molecule has 0 radical (unpaired) electrons. The third-order valence-corrected chi connectivity index (χ3v) is 3.67. The standard InChI is InChI=1S/C13H25N3O2/c1-9(2)12(13(14)16-18)15-11(17)8-7-10-5-3-4-6-10/h9-10,12,18H,3-8H2,1-2H3,(H2,14,16)(H,15,17). The first-order valence-corrected chi connectivity index (χ1v) is 6.81. The molecule has 5 nitrogen and oxygen atoms in total. The molecule has 1 fully saturated rings. The molecular formula is C13H25N3O2. The zero-order chi connectivity index (χ0) is 13.5. The second-order valence-electron chi connectivity index (χ2n) is 5.50. The van der Waals surface area contributed by atoms with E-state index in [-0.39, 0.29) is 23.7 Å². The minimum absolute atomic E-state index is 0.00722. The van der Waals surface area contributed by atoms with Crippen molar-refractivity contribution in [3.05, 3.63) is 0 Å². The van der Waals surface area contributed by atoms with Crippen LogP contribution in [-0.4, -0.2) is 23.0 Å². The first kappa shape index (κ1) is 14.8. The highest BCUT2D eigenvalue weighted by atomic mass is 16.4. The summed E-state index contributed by atoms with van der Waals surface area (Å²) < 4.78 is 0. The Morgan fingerprint density at radius 2 is 2.06 bits per heavy atom. The first-order valence-electron chi connectivity index (χ1n) is 6.81. The number of hydrogen-bond acceptors (Lipinski definition) is 3. The van der Waals surface area contributed by atoms with E-state index >= 15 is 0 Å². The van der Waals surface area contributed by atoms with E-state index in [0.29, 0.717) is 12.3 Å². The fourth-order valence-corrected chi connectivity index (χ4v) is 2.52. The van der Waals surface area contributed by atoms with Gasteiger partial charge in [0.2, 0.25) is 5.91 Å². The van der Waals surface area contributed by atoms with Gasteiger partial charge in [-0.05, 0) is 18.3 Å². The Hall–Kier alpha value is -1.26. The molecule has 0 saturated heterocycles. The maximum atomic E-state index is 11.8. The van der Waals surface area contributed by atoms with Crippen LogP contribution in [0.2, 0.25) is 0 Å². The van der Waals surface area contributed by atoms with Crippen LogP contribution in [0.5, 0.6) is 0 Å². The van der Waals surface area contributed by atoms with Gasteiger partial charge in [-0.15, -0.1) is 0 Å². The molecule has 104 valence electrons. The third kappa shape index (κ3) is 4.55. The van der Waals surface area contributed by atoms with Crippen LogP contribution in [-0.2, 0) is 4.79 Å². The van der Waals surface area contributed by atoms with Gasteiger partial charge in [0, 0.05) is 6.42 Å². The predicted molar refractivity (Wildman–Crippen MR) is 71.4 cm³/mol. The Balaban J connectivity index is 2.36. The van der Waals surface area contributed by atoms with Crippen LogP contribution in [0.25, 0.3) is 0 Å². The Morgan fingerprint density at radius 1 is 1.44 bits per heavy atom. The number of carbonyl (C=O) groups excluding carboxylic acids is 1. The number of amides is 1. The minimum atomic E-state index is -0.383. The highest BCUT2D eigenvalue weighted by molar-refractivity contribution is 5.90. The van der Waals surface area contributed by atoms with Crippen LogP contribution in [0.3, 0.4) is 0 Å². The number of oxime groups is 1.